The summed E-state index contributed by atoms with van der Waals surface area (Å²) in [5, 5.41) is 0. The average molecular weight is 369 g/mol. The van der Waals surface area contributed by atoms with Crippen molar-refractivity contribution < 1.29 is 14.3 Å². The van der Waals surface area contributed by atoms with E-state index in [-0.39, 0.29) is 24.7 Å². The largest absolute Gasteiger partial charge is 0.373 e. The molecule has 6 nitrogen and oxygen atoms in total. The monoisotopic (exact) mass is 369 g/mol. The van der Waals surface area contributed by atoms with Crippen LogP contribution in [0.5, 0.6) is 0 Å². The molecule has 0 spiro atoms. The van der Waals surface area contributed by atoms with Crippen LogP contribution in [0, 0.1) is 0 Å². The smallest absolute Gasteiger partial charge is 0.249 e. The molecule has 0 radical (unpaired) electrons. The SMILES string of the molecule is O=C(COC1CCCC1)N1Cc2cccn2C(COCc2ccccn2)C1. The molecule has 2 aromatic heterocycles. The Morgan fingerprint density at radius 1 is 1.19 bits per heavy atom. The maximum Gasteiger partial charge on any atom is 0.249 e. The van der Waals surface area contributed by atoms with Gasteiger partial charge in [0.05, 0.1) is 37.6 Å². The Kier molecular flexibility index (Phi) is 5.84. The minimum absolute atomic E-state index is 0.0732. The van der Waals surface area contributed by atoms with Crippen molar-refractivity contribution >= 4 is 5.91 Å². The average Bonchev–Trinajstić information content (AvgIpc) is 3.38. The summed E-state index contributed by atoms with van der Waals surface area (Å²) in [4.78, 5) is 18.9. The Balaban J connectivity index is 1.33. The number of hydrogen-bond acceptors (Lipinski definition) is 4. The van der Waals surface area contributed by atoms with Gasteiger partial charge < -0.3 is 18.9 Å². The normalized spacial score (nSPS) is 20.0. The number of hydrogen-bond donors (Lipinski definition) is 0. The van der Waals surface area contributed by atoms with Gasteiger partial charge in [-0.1, -0.05) is 18.9 Å². The minimum Gasteiger partial charge on any atom is -0.373 e. The van der Waals surface area contributed by atoms with Crippen LogP contribution in [0.2, 0.25) is 0 Å². The molecule has 0 aromatic carbocycles. The van der Waals surface area contributed by atoms with Crippen molar-refractivity contribution in [2.45, 2.75) is 51.0 Å². The first-order valence-electron chi connectivity index (χ1n) is 9.82. The van der Waals surface area contributed by atoms with E-state index >= 15 is 0 Å². The summed E-state index contributed by atoms with van der Waals surface area (Å²) in [6, 6.07) is 10.0. The molecule has 0 N–H and O–H groups in total. The first-order valence-corrected chi connectivity index (χ1v) is 9.82. The molecule has 1 saturated carbocycles. The zero-order chi connectivity index (χ0) is 18.5. The number of pyridine rings is 1. The molecule has 0 bridgehead atoms. The summed E-state index contributed by atoms with van der Waals surface area (Å²) in [7, 11) is 0. The number of aromatic nitrogens is 2. The van der Waals surface area contributed by atoms with Gasteiger partial charge >= 0.3 is 0 Å². The molecule has 1 amide bonds. The van der Waals surface area contributed by atoms with Crippen LogP contribution in [-0.4, -0.2) is 46.2 Å². The van der Waals surface area contributed by atoms with Crippen LogP contribution in [0.15, 0.2) is 42.7 Å². The van der Waals surface area contributed by atoms with Gasteiger partial charge in [0.1, 0.15) is 6.61 Å². The molecule has 2 aromatic rings. The van der Waals surface area contributed by atoms with Gasteiger partial charge in [-0.05, 0) is 37.1 Å². The molecule has 1 fully saturated rings. The number of carbonyl (C=O) groups is 1. The van der Waals surface area contributed by atoms with E-state index in [1.165, 1.54) is 12.8 Å². The van der Waals surface area contributed by atoms with Crippen molar-refractivity contribution in [3.05, 3.63) is 54.1 Å². The highest BCUT2D eigenvalue weighted by Gasteiger charge is 2.28. The van der Waals surface area contributed by atoms with Crippen LogP contribution in [-0.2, 0) is 27.4 Å². The van der Waals surface area contributed by atoms with Gasteiger partial charge in [0.15, 0.2) is 0 Å². The van der Waals surface area contributed by atoms with Crippen molar-refractivity contribution in [1.82, 2.24) is 14.5 Å². The van der Waals surface area contributed by atoms with E-state index in [0.29, 0.717) is 26.3 Å². The number of ether oxygens (including phenoxy) is 2. The quantitative estimate of drug-likeness (QED) is 0.753. The van der Waals surface area contributed by atoms with Gasteiger partial charge in [0.2, 0.25) is 5.91 Å². The third kappa shape index (κ3) is 4.57. The highest BCUT2D eigenvalue weighted by atomic mass is 16.5. The lowest BCUT2D eigenvalue weighted by atomic mass is 10.2. The Bertz CT molecular complexity index is 740. The van der Waals surface area contributed by atoms with Crippen LogP contribution < -0.4 is 0 Å². The van der Waals surface area contributed by atoms with Crippen LogP contribution in [0.1, 0.15) is 43.1 Å². The second kappa shape index (κ2) is 8.67. The summed E-state index contributed by atoms with van der Waals surface area (Å²) in [5.41, 5.74) is 2.06. The van der Waals surface area contributed by atoms with Crippen molar-refractivity contribution in [3.63, 3.8) is 0 Å². The van der Waals surface area contributed by atoms with E-state index in [4.69, 9.17) is 9.47 Å². The first kappa shape index (κ1) is 18.2. The second-order valence-corrected chi connectivity index (χ2v) is 7.39. The lowest BCUT2D eigenvalue weighted by Crippen LogP contribution is -2.44. The standard InChI is InChI=1S/C21H27N3O3/c25-21(16-27-20-8-1-2-9-20)23-12-18-7-5-11-24(18)19(13-23)15-26-14-17-6-3-4-10-22-17/h3-7,10-11,19-20H,1-2,8-9,12-16H2. The number of carbonyl (C=O) groups excluding carboxylic acids is 1. The van der Waals surface area contributed by atoms with Crippen LogP contribution in [0.25, 0.3) is 0 Å². The van der Waals surface area contributed by atoms with Gasteiger partial charge in [-0.3, -0.25) is 9.78 Å². The fraction of sp³-hybridized carbons (Fsp3) is 0.524. The Labute approximate surface area is 160 Å². The molecule has 1 atom stereocenters. The van der Waals surface area contributed by atoms with E-state index in [2.05, 4.69) is 21.8 Å². The lowest BCUT2D eigenvalue weighted by Gasteiger charge is -2.35. The topological polar surface area (TPSA) is 56.6 Å². The fourth-order valence-corrected chi connectivity index (χ4v) is 3.96. The fourth-order valence-electron chi connectivity index (χ4n) is 3.96. The minimum atomic E-state index is 0.0732. The van der Waals surface area contributed by atoms with Gasteiger partial charge in [-0.15, -0.1) is 0 Å². The van der Waals surface area contributed by atoms with Crippen molar-refractivity contribution in [1.29, 1.82) is 0 Å². The highest BCUT2D eigenvalue weighted by Crippen LogP contribution is 2.24. The van der Waals surface area contributed by atoms with Gasteiger partial charge in [-0.2, -0.15) is 0 Å². The Morgan fingerprint density at radius 2 is 2.07 bits per heavy atom. The molecule has 3 heterocycles. The van der Waals surface area contributed by atoms with Gasteiger partial charge in [0, 0.05) is 24.6 Å². The van der Waals surface area contributed by atoms with Crippen molar-refractivity contribution in [2.75, 3.05) is 19.8 Å². The summed E-state index contributed by atoms with van der Waals surface area (Å²) in [5.74, 6) is 0.0732. The van der Waals surface area contributed by atoms with Crippen LogP contribution >= 0.6 is 0 Å². The molecule has 1 aliphatic carbocycles. The number of amides is 1. The summed E-state index contributed by atoms with van der Waals surface area (Å²) >= 11 is 0. The molecular weight excluding hydrogens is 342 g/mol. The third-order valence-electron chi connectivity index (χ3n) is 5.43. The molecule has 4 rings (SSSR count). The first-order chi connectivity index (χ1) is 13.3. The molecule has 144 valence electrons. The van der Waals surface area contributed by atoms with Crippen molar-refractivity contribution in [2.24, 2.45) is 0 Å². The zero-order valence-electron chi connectivity index (χ0n) is 15.6. The maximum atomic E-state index is 12.7. The van der Waals surface area contributed by atoms with Crippen LogP contribution in [0.4, 0.5) is 0 Å². The van der Waals surface area contributed by atoms with E-state index in [1.807, 2.05) is 29.2 Å². The molecule has 0 saturated heterocycles. The lowest BCUT2D eigenvalue weighted by molar-refractivity contribution is -0.140. The van der Waals surface area contributed by atoms with Crippen LogP contribution in [0.3, 0.4) is 0 Å². The highest BCUT2D eigenvalue weighted by molar-refractivity contribution is 5.77. The van der Waals surface area contributed by atoms with E-state index in [1.54, 1.807) is 6.20 Å². The summed E-state index contributed by atoms with van der Waals surface area (Å²) < 4.78 is 13.9. The number of fused-ring (bicyclic) bond motifs is 1. The molecule has 2 aliphatic rings. The zero-order valence-corrected chi connectivity index (χ0v) is 15.6. The number of rotatable bonds is 7. The van der Waals surface area contributed by atoms with Gasteiger partial charge in [-0.25, -0.2) is 0 Å². The molecule has 1 unspecified atom stereocenters. The number of nitrogens with zero attached hydrogens (tertiary/aromatic N) is 3. The summed E-state index contributed by atoms with van der Waals surface area (Å²) in [6.07, 6.45) is 8.70. The van der Waals surface area contributed by atoms with E-state index < -0.39 is 0 Å². The molecule has 27 heavy (non-hydrogen) atoms. The maximum absolute atomic E-state index is 12.7. The second-order valence-electron chi connectivity index (χ2n) is 7.39. The molecule has 6 heteroatoms. The Hall–Kier alpha value is -2.18. The molecule has 1 aliphatic heterocycles. The third-order valence-corrected chi connectivity index (χ3v) is 5.43. The van der Waals surface area contributed by atoms with Crippen molar-refractivity contribution in [3.8, 4) is 0 Å². The molecular formula is C21H27N3O3. The predicted molar refractivity (Wildman–Crippen MR) is 101 cm³/mol. The Morgan fingerprint density at radius 3 is 2.89 bits per heavy atom. The predicted octanol–water partition coefficient (Wildman–Crippen LogP) is 2.94. The summed E-state index contributed by atoms with van der Waals surface area (Å²) in [6.45, 7) is 2.50. The van der Waals surface area contributed by atoms with Gasteiger partial charge in [0.25, 0.3) is 0 Å². The van der Waals surface area contributed by atoms with E-state index in [0.717, 1.165) is 24.2 Å². The van der Waals surface area contributed by atoms with E-state index in [9.17, 15) is 4.79 Å².